The largest absolute Gasteiger partial charge is 0.454 e. The van der Waals surface area contributed by atoms with Crippen LogP contribution in [-0.4, -0.2) is 32.4 Å². The average molecular weight is 431 g/mol. The second kappa shape index (κ2) is 8.61. The molecule has 2 N–H and O–H groups in total. The fourth-order valence-electron chi connectivity index (χ4n) is 2.91. The third-order valence-corrected chi connectivity index (χ3v) is 4.27. The van der Waals surface area contributed by atoms with Crippen molar-refractivity contribution in [1.29, 1.82) is 0 Å². The molecule has 0 spiro atoms. The van der Waals surface area contributed by atoms with Crippen molar-refractivity contribution in [2.24, 2.45) is 10.9 Å². The number of aliphatic imine (C=N–C) groups is 1. The van der Waals surface area contributed by atoms with Crippen LogP contribution in [0, 0.1) is 5.92 Å². The Morgan fingerprint density at radius 3 is 2.91 bits per heavy atom. The Bertz CT molecular complexity index is 551. The van der Waals surface area contributed by atoms with Gasteiger partial charge >= 0.3 is 0 Å². The fraction of sp³-hybridized carbons (Fsp3) is 0.588. The van der Waals surface area contributed by atoms with Crippen molar-refractivity contribution < 1.29 is 9.47 Å². The minimum atomic E-state index is 0. The van der Waals surface area contributed by atoms with E-state index in [9.17, 15) is 0 Å². The fourth-order valence-corrected chi connectivity index (χ4v) is 2.91. The van der Waals surface area contributed by atoms with Crippen molar-refractivity contribution in [3.05, 3.63) is 23.8 Å². The van der Waals surface area contributed by atoms with Gasteiger partial charge in [0.25, 0.3) is 0 Å². The number of hydrogen-bond donors (Lipinski definition) is 2. The second-order valence-corrected chi connectivity index (χ2v) is 5.97. The molecule has 0 aromatic heterocycles. The Hall–Kier alpha value is -1.18. The Kier molecular flexibility index (Phi) is 6.80. The van der Waals surface area contributed by atoms with Crippen molar-refractivity contribution in [3.63, 3.8) is 0 Å². The van der Waals surface area contributed by atoms with Crippen LogP contribution in [0.2, 0.25) is 0 Å². The van der Waals surface area contributed by atoms with Crippen LogP contribution in [0.4, 0.5) is 0 Å². The highest BCUT2D eigenvalue weighted by Gasteiger charge is 2.36. The zero-order valence-corrected chi connectivity index (χ0v) is 16.1. The maximum Gasteiger partial charge on any atom is 0.231 e. The minimum absolute atomic E-state index is 0. The van der Waals surface area contributed by atoms with Gasteiger partial charge in [-0.05, 0) is 42.9 Å². The van der Waals surface area contributed by atoms with E-state index in [1.807, 2.05) is 13.1 Å². The number of benzene rings is 1. The molecule has 1 fully saturated rings. The van der Waals surface area contributed by atoms with Gasteiger partial charge in [0.1, 0.15) is 0 Å². The van der Waals surface area contributed by atoms with Crippen molar-refractivity contribution in [2.45, 2.75) is 38.6 Å². The Balaban J connectivity index is 0.00000192. The zero-order valence-electron chi connectivity index (χ0n) is 13.8. The molecule has 128 valence electrons. The van der Waals surface area contributed by atoms with Gasteiger partial charge in [0, 0.05) is 19.6 Å². The summed E-state index contributed by atoms with van der Waals surface area (Å²) >= 11 is 0. The van der Waals surface area contributed by atoms with Crippen LogP contribution in [0.25, 0.3) is 0 Å². The summed E-state index contributed by atoms with van der Waals surface area (Å²) in [6, 6.07) is 6.73. The van der Waals surface area contributed by atoms with Gasteiger partial charge in [0.15, 0.2) is 17.5 Å². The molecule has 1 saturated carbocycles. The number of guanidine groups is 1. The summed E-state index contributed by atoms with van der Waals surface area (Å²) in [5.74, 6) is 3.42. The quantitative estimate of drug-likeness (QED) is 0.413. The molecule has 1 aliphatic carbocycles. The molecule has 0 radical (unpaired) electrons. The molecule has 0 amide bonds. The average Bonchev–Trinajstić information content (AvgIpc) is 3.08. The number of nitrogens with one attached hydrogen (secondary N) is 2. The molecule has 23 heavy (non-hydrogen) atoms. The molecule has 3 rings (SSSR count). The van der Waals surface area contributed by atoms with Gasteiger partial charge in [-0.1, -0.05) is 19.4 Å². The molecule has 6 heteroatoms. The molecule has 2 unspecified atom stereocenters. The van der Waals surface area contributed by atoms with Gasteiger partial charge in [-0.3, -0.25) is 4.99 Å². The van der Waals surface area contributed by atoms with E-state index < -0.39 is 0 Å². The van der Waals surface area contributed by atoms with Crippen LogP contribution in [0.15, 0.2) is 23.2 Å². The van der Waals surface area contributed by atoms with Crippen molar-refractivity contribution in [1.82, 2.24) is 10.6 Å². The Morgan fingerprint density at radius 2 is 2.13 bits per heavy atom. The van der Waals surface area contributed by atoms with Crippen LogP contribution in [-0.2, 0) is 6.42 Å². The lowest BCUT2D eigenvalue weighted by molar-refractivity contribution is 0.174. The van der Waals surface area contributed by atoms with E-state index in [2.05, 4.69) is 34.7 Å². The molecule has 1 heterocycles. The highest BCUT2D eigenvalue weighted by atomic mass is 127. The van der Waals surface area contributed by atoms with E-state index in [1.165, 1.54) is 24.8 Å². The number of ether oxygens (including phenoxy) is 2. The summed E-state index contributed by atoms with van der Waals surface area (Å²) in [5, 5.41) is 6.88. The van der Waals surface area contributed by atoms with Crippen molar-refractivity contribution >= 4 is 29.9 Å². The number of fused-ring (bicyclic) bond motifs is 1. The van der Waals surface area contributed by atoms with Crippen molar-refractivity contribution in [3.8, 4) is 11.5 Å². The van der Waals surface area contributed by atoms with E-state index in [0.29, 0.717) is 12.8 Å². The first-order chi connectivity index (χ1) is 10.8. The van der Waals surface area contributed by atoms with E-state index in [-0.39, 0.29) is 24.0 Å². The number of halogens is 1. The van der Waals surface area contributed by atoms with Crippen LogP contribution in [0.5, 0.6) is 11.5 Å². The predicted octanol–water partition coefficient (Wildman–Crippen LogP) is 2.93. The molecule has 1 aromatic rings. The first kappa shape index (κ1) is 18.2. The Labute approximate surface area is 155 Å². The summed E-state index contributed by atoms with van der Waals surface area (Å²) in [4.78, 5) is 4.30. The predicted molar refractivity (Wildman–Crippen MR) is 103 cm³/mol. The van der Waals surface area contributed by atoms with Gasteiger partial charge in [0.2, 0.25) is 6.79 Å². The maximum absolute atomic E-state index is 5.40. The molecule has 1 aliphatic heterocycles. The lowest BCUT2D eigenvalue weighted by atomic mass is 10.1. The SMILES string of the molecule is CCCC1CC1NC(=NC)NCCc1ccc2c(c1)OCO2.I. The van der Waals surface area contributed by atoms with Gasteiger partial charge < -0.3 is 20.1 Å². The summed E-state index contributed by atoms with van der Waals surface area (Å²) in [6.45, 7) is 3.42. The first-order valence-corrected chi connectivity index (χ1v) is 8.16. The summed E-state index contributed by atoms with van der Waals surface area (Å²) in [5.41, 5.74) is 1.24. The van der Waals surface area contributed by atoms with Crippen LogP contribution < -0.4 is 20.1 Å². The monoisotopic (exact) mass is 431 g/mol. The van der Waals surface area contributed by atoms with Gasteiger partial charge in [-0.25, -0.2) is 0 Å². The lowest BCUT2D eigenvalue weighted by Crippen LogP contribution is -2.40. The van der Waals surface area contributed by atoms with Gasteiger partial charge in [-0.15, -0.1) is 24.0 Å². The van der Waals surface area contributed by atoms with E-state index in [4.69, 9.17) is 9.47 Å². The minimum Gasteiger partial charge on any atom is -0.454 e. The van der Waals surface area contributed by atoms with Gasteiger partial charge in [-0.2, -0.15) is 0 Å². The van der Waals surface area contributed by atoms with Crippen LogP contribution in [0.3, 0.4) is 0 Å². The topological polar surface area (TPSA) is 54.9 Å². The molecule has 0 bridgehead atoms. The van der Waals surface area contributed by atoms with E-state index >= 15 is 0 Å². The second-order valence-electron chi connectivity index (χ2n) is 5.97. The summed E-state index contributed by atoms with van der Waals surface area (Å²) in [7, 11) is 1.83. The Morgan fingerprint density at radius 1 is 1.30 bits per heavy atom. The number of nitrogens with zero attached hydrogens (tertiary/aromatic N) is 1. The smallest absolute Gasteiger partial charge is 0.231 e. The molecule has 2 aliphatic rings. The van der Waals surface area contributed by atoms with Crippen LogP contribution >= 0.6 is 24.0 Å². The zero-order chi connectivity index (χ0) is 15.4. The van der Waals surface area contributed by atoms with E-state index in [1.54, 1.807) is 0 Å². The molecular formula is C17H26IN3O2. The molecule has 2 atom stereocenters. The van der Waals surface area contributed by atoms with Crippen LogP contribution in [0.1, 0.15) is 31.7 Å². The summed E-state index contributed by atoms with van der Waals surface area (Å²) < 4.78 is 10.7. The van der Waals surface area contributed by atoms with E-state index in [0.717, 1.165) is 36.3 Å². The maximum atomic E-state index is 5.40. The third-order valence-electron chi connectivity index (χ3n) is 4.27. The highest BCUT2D eigenvalue weighted by Crippen LogP contribution is 2.34. The number of hydrogen-bond acceptors (Lipinski definition) is 3. The van der Waals surface area contributed by atoms with Gasteiger partial charge in [0.05, 0.1) is 0 Å². The van der Waals surface area contributed by atoms with Crippen molar-refractivity contribution in [2.75, 3.05) is 20.4 Å². The number of rotatable bonds is 6. The normalized spacial score (nSPS) is 21.6. The highest BCUT2D eigenvalue weighted by molar-refractivity contribution is 14.0. The lowest BCUT2D eigenvalue weighted by Gasteiger charge is -2.12. The molecule has 5 nitrogen and oxygen atoms in total. The standard InChI is InChI=1S/C17H25N3O2.HI/c1-3-4-13-10-14(13)20-17(18-2)19-8-7-12-5-6-15-16(9-12)22-11-21-15;/h5-6,9,13-14H,3-4,7-8,10-11H2,1-2H3,(H2,18,19,20);1H. The molecule has 0 saturated heterocycles. The summed E-state index contributed by atoms with van der Waals surface area (Å²) in [6.07, 6.45) is 4.78. The first-order valence-electron chi connectivity index (χ1n) is 8.16. The molecular weight excluding hydrogens is 405 g/mol. The third kappa shape index (κ3) is 4.89. The molecule has 1 aromatic carbocycles.